The quantitative estimate of drug-likeness (QED) is 0.483. The number of aromatic amines is 1. The van der Waals surface area contributed by atoms with Gasteiger partial charge in [0.25, 0.3) is 5.56 Å². The molecule has 0 aliphatic heterocycles. The van der Waals surface area contributed by atoms with Crippen molar-refractivity contribution in [1.29, 1.82) is 0 Å². The first-order valence-corrected chi connectivity index (χ1v) is 10.4. The maximum atomic E-state index is 12.5. The van der Waals surface area contributed by atoms with Gasteiger partial charge in [-0.15, -0.1) is 0 Å². The minimum Gasteiger partial charge on any atom is -0.354 e. The third kappa shape index (κ3) is 4.09. The number of nitrogens with zero attached hydrogens (tertiary/aromatic N) is 4. The van der Waals surface area contributed by atoms with Crippen molar-refractivity contribution in [3.63, 3.8) is 0 Å². The summed E-state index contributed by atoms with van der Waals surface area (Å²) in [5.74, 6) is 0.382. The molecule has 0 radical (unpaired) electrons. The number of hydrogen-bond donors (Lipinski definition) is 2. The average Bonchev–Trinajstić information content (AvgIpc) is 3.56. The van der Waals surface area contributed by atoms with Gasteiger partial charge in [-0.3, -0.25) is 19.3 Å². The Balaban J connectivity index is 1.24. The van der Waals surface area contributed by atoms with Gasteiger partial charge in [-0.05, 0) is 36.6 Å². The highest BCUT2D eigenvalue weighted by molar-refractivity contribution is 5.88. The van der Waals surface area contributed by atoms with Gasteiger partial charge < -0.3 is 5.32 Å². The van der Waals surface area contributed by atoms with Gasteiger partial charge in [0, 0.05) is 42.0 Å². The van der Waals surface area contributed by atoms with Gasteiger partial charge in [-0.25, -0.2) is 5.10 Å². The Morgan fingerprint density at radius 3 is 2.68 bits per heavy atom. The number of amides is 1. The van der Waals surface area contributed by atoms with E-state index in [1.54, 1.807) is 24.5 Å². The number of benzene rings is 1. The molecule has 31 heavy (non-hydrogen) atoms. The third-order valence-electron chi connectivity index (χ3n) is 5.51. The Labute approximate surface area is 178 Å². The van der Waals surface area contributed by atoms with Crippen LogP contribution in [0, 0.1) is 0 Å². The van der Waals surface area contributed by atoms with Crippen molar-refractivity contribution in [2.45, 2.75) is 31.7 Å². The number of aromatic nitrogens is 5. The lowest BCUT2D eigenvalue weighted by atomic mass is 10.1. The van der Waals surface area contributed by atoms with Gasteiger partial charge in [-0.1, -0.05) is 18.2 Å². The van der Waals surface area contributed by atoms with Gasteiger partial charge in [0.2, 0.25) is 5.91 Å². The van der Waals surface area contributed by atoms with E-state index >= 15 is 0 Å². The van der Waals surface area contributed by atoms with Crippen LogP contribution >= 0.6 is 0 Å². The third-order valence-corrected chi connectivity index (χ3v) is 5.51. The van der Waals surface area contributed by atoms with Crippen LogP contribution in [0.4, 0.5) is 0 Å². The fourth-order valence-electron chi connectivity index (χ4n) is 3.79. The van der Waals surface area contributed by atoms with Crippen LogP contribution in [-0.4, -0.2) is 37.4 Å². The molecule has 8 nitrogen and oxygen atoms in total. The van der Waals surface area contributed by atoms with E-state index < -0.39 is 0 Å². The molecule has 5 rings (SSSR count). The molecule has 156 valence electrons. The molecule has 8 heteroatoms. The van der Waals surface area contributed by atoms with E-state index in [-0.39, 0.29) is 17.9 Å². The van der Waals surface area contributed by atoms with Crippen LogP contribution in [0.3, 0.4) is 0 Å². The molecule has 3 aromatic heterocycles. The van der Waals surface area contributed by atoms with Crippen LogP contribution in [0.5, 0.6) is 0 Å². The van der Waals surface area contributed by atoms with Crippen LogP contribution in [0.2, 0.25) is 0 Å². The van der Waals surface area contributed by atoms with E-state index in [0.717, 1.165) is 16.8 Å². The summed E-state index contributed by atoms with van der Waals surface area (Å²) >= 11 is 0. The monoisotopic (exact) mass is 414 g/mol. The predicted octanol–water partition coefficient (Wildman–Crippen LogP) is 2.42. The second-order valence-corrected chi connectivity index (χ2v) is 7.77. The van der Waals surface area contributed by atoms with Crippen molar-refractivity contribution in [3.8, 4) is 11.1 Å². The molecule has 1 saturated carbocycles. The van der Waals surface area contributed by atoms with Crippen molar-refractivity contribution < 1.29 is 4.79 Å². The Kier molecular flexibility index (Phi) is 5.03. The molecule has 0 saturated heterocycles. The van der Waals surface area contributed by atoms with Crippen LogP contribution in [0.1, 0.15) is 30.1 Å². The van der Waals surface area contributed by atoms with E-state index in [0.29, 0.717) is 35.5 Å². The summed E-state index contributed by atoms with van der Waals surface area (Å²) in [6, 6.07) is 11.2. The molecule has 0 atom stereocenters. The zero-order valence-corrected chi connectivity index (χ0v) is 16.9. The Hall–Kier alpha value is -3.81. The SMILES string of the molecule is O=C(Cc1n[nH]c(=O)c2ccccc12)NCCn1cc(-c2ccncc2)c(C2CC2)n1. The normalized spacial score (nSPS) is 13.4. The molecule has 1 aliphatic rings. The van der Waals surface area contributed by atoms with Gasteiger partial charge in [-0.2, -0.15) is 10.2 Å². The number of nitrogens with one attached hydrogen (secondary N) is 2. The van der Waals surface area contributed by atoms with Crippen LogP contribution < -0.4 is 10.9 Å². The molecular formula is C23H22N6O2. The summed E-state index contributed by atoms with van der Waals surface area (Å²) < 4.78 is 1.90. The minimum atomic E-state index is -0.255. The summed E-state index contributed by atoms with van der Waals surface area (Å²) in [5, 5.41) is 15.5. The molecule has 4 aromatic rings. The van der Waals surface area contributed by atoms with E-state index in [2.05, 4.69) is 20.5 Å². The molecule has 0 bridgehead atoms. The summed E-state index contributed by atoms with van der Waals surface area (Å²) in [6.07, 6.45) is 8.08. The largest absolute Gasteiger partial charge is 0.354 e. The zero-order valence-electron chi connectivity index (χ0n) is 16.9. The number of pyridine rings is 1. The number of carbonyl (C=O) groups is 1. The number of rotatable bonds is 7. The Bertz CT molecular complexity index is 1290. The molecule has 0 unspecified atom stereocenters. The fraction of sp³-hybridized carbons (Fsp3) is 0.261. The number of H-pyrrole nitrogens is 1. The maximum Gasteiger partial charge on any atom is 0.272 e. The molecule has 1 aromatic carbocycles. The first kappa shape index (κ1) is 19.2. The molecule has 1 fully saturated rings. The smallest absolute Gasteiger partial charge is 0.272 e. The minimum absolute atomic E-state index is 0.103. The highest BCUT2D eigenvalue weighted by Crippen LogP contribution is 2.43. The lowest BCUT2D eigenvalue weighted by molar-refractivity contribution is -0.120. The maximum absolute atomic E-state index is 12.5. The van der Waals surface area contributed by atoms with Gasteiger partial charge in [0.05, 0.1) is 29.7 Å². The lowest BCUT2D eigenvalue weighted by Crippen LogP contribution is -2.29. The molecule has 0 spiro atoms. The van der Waals surface area contributed by atoms with Crippen molar-refractivity contribution in [2.24, 2.45) is 0 Å². The summed E-state index contributed by atoms with van der Waals surface area (Å²) in [4.78, 5) is 28.5. The van der Waals surface area contributed by atoms with E-state index in [4.69, 9.17) is 5.10 Å². The molecule has 1 amide bonds. The Morgan fingerprint density at radius 1 is 1.13 bits per heavy atom. The van der Waals surface area contributed by atoms with E-state index in [9.17, 15) is 9.59 Å². The molecular weight excluding hydrogens is 392 g/mol. The fourth-order valence-corrected chi connectivity index (χ4v) is 3.79. The topological polar surface area (TPSA) is 106 Å². The predicted molar refractivity (Wildman–Crippen MR) is 117 cm³/mol. The van der Waals surface area contributed by atoms with Crippen LogP contribution in [-0.2, 0) is 17.8 Å². The van der Waals surface area contributed by atoms with Crippen molar-refractivity contribution >= 4 is 16.7 Å². The number of fused-ring (bicyclic) bond motifs is 1. The van der Waals surface area contributed by atoms with Crippen molar-refractivity contribution in [3.05, 3.63) is 76.7 Å². The van der Waals surface area contributed by atoms with Crippen molar-refractivity contribution in [2.75, 3.05) is 6.54 Å². The lowest BCUT2D eigenvalue weighted by Gasteiger charge is -2.07. The van der Waals surface area contributed by atoms with Crippen LogP contribution in [0.15, 0.2) is 59.8 Å². The molecule has 3 heterocycles. The number of carbonyl (C=O) groups excluding carboxylic acids is 1. The average molecular weight is 414 g/mol. The summed E-state index contributed by atoms with van der Waals surface area (Å²) in [5.41, 5.74) is 3.68. The van der Waals surface area contributed by atoms with E-state index in [1.807, 2.05) is 35.1 Å². The second kappa shape index (κ2) is 8.14. The van der Waals surface area contributed by atoms with Gasteiger partial charge in [0.1, 0.15) is 0 Å². The summed E-state index contributed by atoms with van der Waals surface area (Å²) in [7, 11) is 0. The second-order valence-electron chi connectivity index (χ2n) is 7.77. The van der Waals surface area contributed by atoms with Crippen molar-refractivity contribution in [1.82, 2.24) is 30.3 Å². The standard InChI is InChI=1S/C23H22N6O2/c30-21(13-20-17-3-1-2-4-18(17)23(31)27-26-20)25-11-12-29-14-19(15-7-9-24-10-8-15)22(28-29)16-5-6-16/h1-4,7-10,14,16H,5-6,11-13H2,(H,25,30)(H,27,31). The zero-order chi connectivity index (χ0) is 21.2. The van der Waals surface area contributed by atoms with E-state index in [1.165, 1.54) is 12.8 Å². The van der Waals surface area contributed by atoms with Gasteiger partial charge in [0.15, 0.2) is 0 Å². The first-order valence-electron chi connectivity index (χ1n) is 10.4. The van der Waals surface area contributed by atoms with Crippen LogP contribution in [0.25, 0.3) is 21.9 Å². The molecule has 2 N–H and O–H groups in total. The summed E-state index contributed by atoms with van der Waals surface area (Å²) in [6.45, 7) is 1.04. The first-order chi connectivity index (χ1) is 15.2. The highest BCUT2D eigenvalue weighted by Gasteiger charge is 2.29. The highest BCUT2D eigenvalue weighted by atomic mass is 16.1. The Morgan fingerprint density at radius 2 is 1.90 bits per heavy atom. The number of hydrogen-bond acceptors (Lipinski definition) is 5. The molecule has 1 aliphatic carbocycles. The van der Waals surface area contributed by atoms with Gasteiger partial charge >= 0.3 is 0 Å².